The average Bonchev–Trinajstić information content (AvgIpc) is 3.07. The molecule has 1 N–H and O–H groups in total. The summed E-state index contributed by atoms with van der Waals surface area (Å²) in [5.41, 5.74) is 2.21. The number of carboxylic acid groups (broad SMARTS) is 1. The monoisotopic (exact) mass is 369 g/mol. The zero-order chi connectivity index (χ0) is 19.3. The molecule has 0 amide bonds. The van der Waals surface area contributed by atoms with Gasteiger partial charge < -0.3 is 9.52 Å². The van der Waals surface area contributed by atoms with Gasteiger partial charge in [-0.15, -0.1) is 10.2 Å². The van der Waals surface area contributed by atoms with Crippen LogP contribution in [0.1, 0.15) is 5.56 Å². The molecule has 1 aromatic carbocycles. The number of carbonyl (C=O) groups is 1. The van der Waals surface area contributed by atoms with E-state index in [0.29, 0.717) is 17.3 Å². The Kier molecular flexibility index (Phi) is 5.65. The number of halogens is 4. The first kappa shape index (κ1) is 19.0. The third kappa shape index (κ3) is 4.85. The summed E-state index contributed by atoms with van der Waals surface area (Å²) in [5, 5.41) is 15.0. The van der Waals surface area contributed by atoms with Gasteiger partial charge in [-0.1, -0.05) is 6.07 Å². The molecule has 2 heterocycles. The highest BCUT2D eigenvalue weighted by atomic mass is 19.4. The zero-order valence-corrected chi connectivity index (χ0v) is 13.2. The van der Waals surface area contributed by atoms with Crippen LogP contribution in [0.15, 0.2) is 47.1 Å². The number of alkyl halides is 3. The smallest absolute Gasteiger partial charge is 0.475 e. The molecule has 3 aromatic rings. The van der Waals surface area contributed by atoms with Crippen LogP contribution in [0.4, 0.5) is 17.6 Å². The molecule has 0 aliphatic rings. The highest BCUT2D eigenvalue weighted by Crippen LogP contribution is 2.26. The van der Waals surface area contributed by atoms with Gasteiger partial charge in [-0.3, -0.25) is 4.98 Å². The average molecular weight is 369 g/mol. The number of nitrogens with zero attached hydrogens (tertiary/aromatic N) is 3. The highest BCUT2D eigenvalue weighted by Gasteiger charge is 2.38. The Hall–Kier alpha value is -3.30. The van der Waals surface area contributed by atoms with Crippen molar-refractivity contribution < 1.29 is 31.9 Å². The summed E-state index contributed by atoms with van der Waals surface area (Å²) in [6.07, 6.45) is -1.78. The fourth-order valence-corrected chi connectivity index (χ4v) is 1.76. The predicted octanol–water partition coefficient (Wildman–Crippen LogP) is 3.88. The van der Waals surface area contributed by atoms with Crippen molar-refractivity contribution in [1.82, 2.24) is 15.2 Å². The minimum atomic E-state index is -5.08. The van der Waals surface area contributed by atoms with E-state index in [1.165, 1.54) is 12.1 Å². The number of benzene rings is 1. The normalized spacial score (nSPS) is 10.8. The Morgan fingerprint density at radius 2 is 1.81 bits per heavy atom. The summed E-state index contributed by atoms with van der Waals surface area (Å²) >= 11 is 0. The van der Waals surface area contributed by atoms with Crippen molar-refractivity contribution in [2.24, 2.45) is 0 Å². The predicted molar refractivity (Wildman–Crippen MR) is 81.4 cm³/mol. The molecule has 26 heavy (non-hydrogen) atoms. The molecule has 0 aliphatic carbocycles. The van der Waals surface area contributed by atoms with Gasteiger partial charge in [-0.2, -0.15) is 13.2 Å². The van der Waals surface area contributed by atoms with E-state index in [0.717, 1.165) is 11.1 Å². The SMILES string of the molecule is Cc1ccc(F)cc1-c1nnc(-c2cccnc2)o1.O=C(O)C(F)(F)F. The Balaban J connectivity index is 0.000000298. The number of rotatable bonds is 2. The van der Waals surface area contributed by atoms with Crippen LogP contribution < -0.4 is 0 Å². The summed E-state index contributed by atoms with van der Waals surface area (Å²) < 4.78 is 50.6. The van der Waals surface area contributed by atoms with E-state index >= 15 is 0 Å². The van der Waals surface area contributed by atoms with E-state index in [9.17, 15) is 17.6 Å². The maximum absolute atomic E-state index is 13.3. The van der Waals surface area contributed by atoms with Crippen molar-refractivity contribution >= 4 is 5.97 Å². The highest BCUT2D eigenvalue weighted by molar-refractivity contribution is 5.73. The molecule has 0 bridgehead atoms. The lowest BCUT2D eigenvalue weighted by atomic mass is 10.1. The molecule has 3 rings (SSSR count). The van der Waals surface area contributed by atoms with Crippen LogP contribution in [0.5, 0.6) is 0 Å². The molecule has 136 valence electrons. The number of aryl methyl sites for hydroxylation is 1. The molecule has 2 aromatic heterocycles. The molecule has 0 radical (unpaired) electrons. The third-order valence-electron chi connectivity index (χ3n) is 3.01. The quantitative estimate of drug-likeness (QED) is 0.690. The topological polar surface area (TPSA) is 89.1 Å². The number of pyridine rings is 1. The van der Waals surface area contributed by atoms with Crippen molar-refractivity contribution in [2.45, 2.75) is 13.1 Å². The molecular formula is C16H11F4N3O3. The number of aliphatic carboxylic acids is 1. The van der Waals surface area contributed by atoms with E-state index in [-0.39, 0.29) is 5.82 Å². The summed E-state index contributed by atoms with van der Waals surface area (Å²) in [4.78, 5) is 12.9. The summed E-state index contributed by atoms with van der Waals surface area (Å²) in [5.74, 6) is -2.42. The summed E-state index contributed by atoms with van der Waals surface area (Å²) in [7, 11) is 0. The van der Waals surface area contributed by atoms with Crippen molar-refractivity contribution in [3.05, 3.63) is 54.1 Å². The van der Waals surface area contributed by atoms with Gasteiger partial charge in [0.25, 0.3) is 0 Å². The maximum Gasteiger partial charge on any atom is 0.490 e. The van der Waals surface area contributed by atoms with Crippen LogP contribution >= 0.6 is 0 Å². The first-order valence-electron chi connectivity index (χ1n) is 6.99. The number of hydrogen-bond acceptors (Lipinski definition) is 5. The first-order valence-corrected chi connectivity index (χ1v) is 6.99. The molecule has 0 saturated heterocycles. The molecule has 0 fully saturated rings. The second-order valence-electron chi connectivity index (χ2n) is 4.92. The second kappa shape index (κ2) is 7.72. The fourth-order valence-electron chi connectivity index (χ4n) is 1.76. The van der Waals surface area contributed by atoms with Crippen molar-refractivity contribution in [3.8, 4) is 22.9 Å². The standard InChI is InChI=1S/C14H10FN3O.C2HF3O2/c1-9-4-5-11(15)7-12(9)14-18-17-13(19-14)10-3-2-6-16-8-10;3-2(4,5)1(6)7/h2-8H,1H3;(H,6,7). The van der Waals surface area contributed by atoms with E-state index < -0.39 is 12.1 Å². The molecule has 0 unspecified atom stereocenters. The van der Waals surface area contributed by atoms with Crippen LogP contribution in [-0.2, 0) is 4.79 Å². The first-order chi connectivity index (χ1) is 12.2. The van der Waals surface area contributed by atoms with Crippen molar-refractivity contribution in [3.63, 3.8) is 0 Å². The van der Waals surface area contributed by atoms with Crippen LogP contribution in [0.2, 0.25) is 0 Å². The van der Waals surface area contributed by atoms with Gasteiger partial charge in [0.2, 0.25) is 11.8 Å². The van der Waals surface area contributed by atoms with Gasteiger partial charge in [-0.05, 0) is 36.8 Å². The zero-order valence-electron chi connectivity index (χ0n) is 13.2. The lowest BCUT2D eigenvalue weighted by Gasteiger charge is -2.00. The van der Waals surface area contributed by atoms with Crippen molar-refractivity contribution in [1.29, 1.82) is 0 Å². The molecule has 0 atom stereocenters. The third-order valence-corrected chi connectivity index (χ3v) is 3.01. The Bertz CT molecular complexity index is 895. The van der Waals surface area contributed by atoms with Gasteiger partial charge in [0.05, 0.1) is 5.56 Å². The lowest BCUT2D eigenvalue weighted by Crippen LogP contribution is -2.21. The summed E-state index contributed by atoms with van der Waals surface area (Å²) in [6, 6.07) is 8.07. The number of aromatic nitrogens is 3. The van der Waals surface area contributed by atoms with E-state index in [2.05, 4.69) is 15.2 Å². The van der Waals surface area contributed by atoms with Gasteiger partial charge >= 0.3 is 12.1 Å². The van der Waals surface area contributed by atoms with Crippen molar-refractivity contribution in [2.75, 3.05) is 0 Å². The van der Waals surface area contributed by atoms with Gasteiger partial charge in [0.1, 0.15) is 5.82 Å². The van der Waals surface area contributed by atoms with Crippen LogP contribution in [0.25, 0.3) is 22.9 Å². The minimum Gasteiger partial charge on any atom is -0.475 e. The number of carboxylic acids is 1. The largest absolute Gasteiger partial charge is 0.490 e. The van der Waals surface area contributed by atoms with Gasteiger partial charge in [-0.25, -0.2) is 9.18 Å². The van der Waals surface area contributed by atoms with Gasteiger partial charge in [0.15, 0.2) is 0 Å². The van der Waals surface area contributed by atoms with E-state index in [1.54, 1.807) is 24.5 Å². The van der Waals surface area contributed by atoms with Crippen LogP contribution in [-0.4, -0.2) is 32.4 Å². The van der Waals surface area contributed by atoms with Crippen LogP contribution in [0.3, 0.4) is 0 Å². The molecule has 0 saturated carbocycles. The van der Waals surface area contributed by atoms with Crippen LogP contribution in [0, 0.1) is 12.7 Å². The Morgan fingerprint density at radius 1 is 1.15 bits per heavy atom. The van der Waals surface area contributed by atoms with E-state index in [4.69, 9.17) is 14.3 Å². The molecule has 10 heteroatoms. The lowest BCUT2D eigenvalue weighted by molar-refractivity contribution is -0.192. The Labute approximate surface area is 144 Å². The molecule has 0 aliphatic heterocycles. The molecule has 0 spiro atoms. The maximum atomic E-state index is 13.3. The fraction of sp³-hybridized carbons (Fsp3) is 0.125. The summed E-state index contributed by atoms with van der Waals surface area (Å²) in [6.45, 7) is 1.86. The molecule has 6 nitrogen and oxygen atoms in total. The molecular weight excluding hydrogens is 358 g/mol. The van der Waals surface area contributed by atoms with E-state index in [1.807, 2.05) is 13.0 Å². The second-order valence-corrected chi connectivity index (χ2v) is 4.92. The number of hydrogen-bond donors (Lipinski definition) is 1. The van der Waals surface area contributed by atoms with Gasteiger partial charge in [0, 0.05) is 18.0 Å². The Morgan fingerprint density at radius 3 is 2.38 bits per heavy atom. The minimum absolute atomic E-state index is 0.302.